The van der Waals surface area contributed by atoms with E-state index in [2.05, 4.69) is 34.6 Å². The second kappa shape index (κ2) is 55.7. The summed E-state index contributed by atoms with van der Waals surface area (Å²) in [5.41, 5.74) is 0. The molecule has 6 nitrogen and oxygen atoms in total. The van der Waals surface area contributed by atoms with E-state index in [0.29, 0.717) is 19.3 Å². The third kappa shape index (κ3) is 55.6. The second-order valence-electron chi connectivity index (χ2n) is 22.4. The van der Waals surface area contributed by atoms with E-state index in [1.165, 1.54) is 244 Å². The zero-order valence-electron chi connectivity index (χ0n) is 47.5. The largest absolute Gasteiger partial charge is 0.462 e. The van der Waals surface area contributed by atoms with E-state index in [-0.39, 0.29) is 31.1 Å². The third-order valence-electron chi connectivity index (χ3n) is 14.8. The van der Waals surface area contributed by atoms with Crippen LogP contribution in [0.5, 0.6) is 0 Å². The van der Waals surface area contributed by atoms with Crippen LogP contribution in [0.2, 0.25) is 0 Å². The van der Waals surface area contributed by atoms with Crippen molar-refractivity contribution >= 4 is 17.9 Å². The van der Waals surface area contributed by atoms with Crippen LogP contribution in [-0.2, 0) is 28.6 Å². The Labute approximate surface area is 431 Å². The molecule has 69 heavy (non-hydrogen) atoms. The molecule has 0 fully saturated rings. The molecule has 0 aromatic carbocycles. The summed E-state index contributed by atoms with van der Waals surface area (Å²) in [4.78, 5) is 38.3. The van der Waals surface area contributed by atoms with E-state index in [4.69, 9.17) is 14.2 Å². The maximum atomic E-state index is 12.9. The van der Waals surface area contributed by atoms with Crippen molar-refractivity contribution in [3.8, 4) is 0 Å². The van der Waals surface area contributed by atoms with Gasteiger partial charge in [-0.15, -0.1) is 0 Å². The predicted octanol–water partition coefficient (Wildman–Crippen LogP) is 20.8. The van der Waals surface area contributed by atoms with Crippen molar-refractivity contribution < 1.29 is 28.6 Å². The summed E-state index contributed by atoms with van der Waals surface area (Å²) in [6, 6.07) is 0. The lowest BCUT2D eigenvalue weighted by atomic mass is 9.99. The molecule has 0 aliphatic heterocycles. The number of hydrogen-bond acceptors (Lipinski definition) is 6. The molecule has 0 aromatic heterocycles. The van der Waals surface area contributed by atoms with Crippen molar-refractivity contribution in [2.75, 3.05) is 13.2 Å². The highest BCUT2D eigenvalue weighted by Crippen LogP contribution is 2.19. The number of esters is 3. The van der Waals surface area contributed by atoms with Crippen LogP contribution in [0.1, 0.15) is 356 Å². The first-order valence-electron chi connectivity index (χ1n) is 31.3. The first-order chi connectivity index (χ1) is 33.8. The van der Waals surface area contributed by atoms with Crippen LogP contribution in [0.4, 0.5) is 0 Å². The van der Waals surface area contributed by atoms with Crippen LogP contribution in [0, 0.1) is 11.8 Å². The Kier molecular flexibility index (Phi) is 54.4. The standard InChI is InChI=1S/C63H122O6/c1-6-8-9-10-11-12-13-14-16-23-28-33-38-43-48-53-61(64)67-56-60(69-63(66)55-50-45-40-35-30-25-20-19-22-27-32-37-42-47-52-59(5)7-2)57-68-62(65)54-49-44-39-34-29-24-18-15-17-21-26-31-36-41-46-51-58(3)4/h58-60H,6-57H2,1-5H3/t59?,60-/m1/s1. The van der Waals surface area contributed by atoms with Gasteiger partial charge in [0.25, 0.3) is 0 Å². The number of carbonyl (C=O) groups is 3. The zero-order valence-corrected chi connectivity index (χ0v) is 47.5. The van der Waals surface area contributed by atoms with E-state index in [1.54, 1.807) is 0 Å². The summed E-state index contributed by atoms with van der Waals surface area (Å²) in [5.74, 6) is 0.911. The number of hydrogen-bond donors (Lipinski definition) is 0. The molecule has 0 spiro atoms. The fourth-order valence-corrected chi connectivity index (χ4v) is 9.73. The summed E-state index contributed by atoms with van der Waals surface area (Å²) >= 11 is 0. The molecule has 0 amide bonds. The molecule has 0 aromatic rings. The van der Waals surface area contributed by atoms with E-state index < -0.39 is 6.10 Å². The monoisotopic (exact) mass is 975 g/mol. The molecule has 0 bridgehead atoms. The Hall–Kier alpha value is -1.59. The van der Waals surface area contributed by atoms with Gasteiger partial charge in [0.15, 0.2) is 6.10 Å². The molecule has 0 saturated carbocycles. The Morgan fingerprint density at radius 1 is 0.304 bits per heavy atom. The number of carbonyl (C=O) groups excluding carboxylic acids is 3. The Morgan fingerprint density at radius 2 is 0.551 bits per heavy atom. The van der Waals surface area contributed by atoms with Gasteiger partial charge in [-0.05, 0) is 31.1 Å². The minimum Gasteiger partial charge on any atom is -0.462 e. The van der Waals surface area contributed by atoms with Crippen LogP contribution in [-0.4, -0.2) is 37.2 Å². The van der Waals surface area contributed by atoms with Crippen molar-refractivity contribution in [3.63, 3.8) is 0 Å². The molecule has 0 radical (unpaired) electrons. The smallest absolute Gasteiger partial charge is 0.306 e. The van der Waals surface area contributed by atoms with Gasteiger partial charge in [0.2, 0.25) is 0 Å². The molecule has 2 atom stereocenters. The van der Waals surface area contributed by atoms with E-state index >= 15 is 0 Å². The van der Waals surface area contributed by atoms with Crippen LogP contribution in [0.3, 0.4) is 0 Å². The third-order valence-corrected chi connectivity index (χ3v) is 14.8. The molecule has 410 valence electrons. The van der Waals surface area contributed by atoms with Gasteiger partial charge in [0.1, 0.15) is 13.2 Å². The van der Waals surface area contributed by atoms with Gasteiger partial charge in [-0.3, -0.25) is 14.4 Å². The topological polar surface area (TPSA) is 78.9 Å². The lowest BCUT2D eigenvalue weighted by Gasteiger charge is -2.18. The molecule has 0 N–H and O–H groups in total. The van der Waals surface area contributed by atoms with Crippen LogP contribution >= 0.6 is 0 Å². The summed E-state index contributed by atoms with van der Waals surface area (Å²) < 4.78 is 16.9. The van der Waals surface area contributed by atoms with Gasteiger partial charge in [0.05, 0.1) is 0 Å². The average molecular weight is 976 g/mol. The molecule has 1 unspecified atom stereocenters. The molecule has 0 heterocycles. The summed E-state index contributed by atoms with van der Waals surface area (Å²) in [7, 11) is 0. The van der Waals surface area contributed by atoms with Crippen molar-refractivity contribution in [1.82, 2.24) is 0 Å². The van der Waals surface area contributed by atoms with Crippen molar-refractivity contribution in [2.24, 2.45) is 11.8 Å². The van der Waals surface area contributed by atoms with Crippen molar-refractivity contribution in [3.05, 3.63) is 0 Å². The van der Waals surface area contributed by atoms with Gasteiger partial charge in [-0.25, -0.2) is 0 Å². The van der Waals surface area contributed by atoms with Crippen LogP contribution < -0.4 is 0 Å². The maximum Gasteiger partial charge on any atom is 0.306 e. The molecule has 0 aliphatic carbocycles. The quantitative estimate of drug-likeness (QED) is 0.0343. The zero-order chi connectivity index (χ0) is 50.4. The summed E-state index contributed by atoms with van der Waals surface area (Å²) in [6.45, 7) is 11.5. The average Bonchev–Trinajstić information content (AvgIpc) is 3.34. The molecular formula is C63H122O6. The number of ether oxygens (including phenoxy) is 3. The highest BCUT2D eigenvalue weighted by molar-refractivity contribution is 5.71. The minimum absolute atomic E-state index is 0.0620. The van der Waals surface area contributed by atoms with Gasteiger partial charge >= 0.3 is 17.9 Å². The van der Waals surface area contributed by atoms with Crippen molar-refractivity contribution in [2.45, 2.75) is 362 Å². The fourth-order valence-electron chi connectivity index (χ4n) is 9.73. The predicted molar refractivity (Wildman–Crippen MR) is 298 cm³/mol. The second-order valence-corrected chi connectivity index (χ2v) is 22.4. The Bertz CT molecular complexity index is 1060. The molecule has 0 rings (SSSR count). The van der Waals surface area contributed by atoms with E-state index in [9.17, 15) is 14.4 Å². The van der Waals surface area contributed by atoms with Gasteiger partial charge in [-0.2, -0.15) is 0 Å². The van der Waals surface area contributed by atoms with Gasteiger partial charge in [-0.1, -0.05) is 317 Å². The molecular weight excluding hydrogens is 853 g/mol. The highest BCUT2D eigenvalue weighted by Gasteiger charge is 2.19. The molecule has 6 heteroatoms. The van der Waals surface area contributed by atoms with Gasteiger partial charge < -0.3 is 14.2 Å². The minimum atomic E-state index is -0.763. The highest BCUT2D eigenvalue weighted by atomic mass is 16.6. The first-order valence-corrected chi connectivity index (χ1v) is 31.3. The Balaban J connectivity index is 4.29. The van der Waals surface area contributed by atoms with E-state index in [1.807, 2.05) is 0 Å². The maximum absolute atomic E-state index is 12.9. The Morgan fingerprint density at radius 3 is 0.826 bits per heavy atom. The van der Waals surface area contributed by atoms with E-state index in [0.717, 1.165) is 69.6 Å². The summed E-state index contributed by atoms with van der Waals surface area (Å²) in [5, 5.41) is 0. The lowest BCUT2D eigenvalue weighted by Crippen LogP contribution is -2.30. The normalized spacial score (nSPS) is 12.4. The fraction of sp³-hybridized carbons (Fsp3) is 0.952. The first kappa shape index (κ1) is 67.4. The number of unbranched alkanes of at least 4 members (excludes halogenated alkanes) is 41. The lowest BCUT2D eigenvalue weighted by molar-refractivity contribution is -0.167. The summed E-state index contributed by atoms with van der Waals surface area (Å²) in [6.07, 6.45) is 60.9. The van der Waals surface area contributed by atoms with Crippen LogP contribution in [0.25, 0.3) is 0 Å². The van der Waals surface area contributed by atoms with Crippen LogP contribution in [0.15, 0.2) is 0 Å². The van der Waals surface area contributed by atoms with Gasteiger partial charge in [0, 0.05) is 19.3 Å². The number of rotatable bonds is 57. The SMILES string of the molecule is CCCCCCCCCCCCCCCCCC(=O)OC[C@H](COC(=O)CCCCCCCCCCCCCCCCCC(C)C)OC(=O)CCCCCCCCCCCCCCCCC(C)CC. The molecule has 0 saturated heterocycles. The van der Waals surface area contributed by atoms with Crippen molar-refractivity contribution in [1.29, 1.82) is 0 Å². The molecule has 0 aliphatic rings.